The van der Waals surface area contributed by atoms with E-state index in [1.165, 1.54) is 21.8 Å². The molecule has 1 aromatic heterocycles. The Balaban J connectivity index is 1.36. The standard InChI is InChI=1S/C23H25N3O4S/c1-13(2)15-5-3-14(4-6-15)9-21(28)24-10-19-16-11-26(23(30)17(16)12-31-19)18-7-8-20(27)25-22(18)29/h3-6,12-13,18H,7-11H2,1-2H3,(H,24,28)(H,25,27,29). The molecule has 0 radical (unpaired) electrons. The summed E-state index contributed by atoms with van der Waals surface area (Å²) in [4.78, 5) is 51.2. The van der Waals surface area contributed by atoms with Crippen molar-refractivity contribution in [3.63, 3.8) is 0 Å². The van der Waals surface area contributed by atoms with Gasteiger partial charge < -0.3 is 10.2 Å². The van der Waals surface area contributed by atoms with Crippen molar-refractivity contribution in [3.8, 4) is 0 Å². The second kappa shape index (κ2) is 8.63. The molecular formula is C23H25N3O4S. The molecule has 0 bridgehead atoms. The number of nitrogens with zero attached hydrogens (tertiary/aromatic N) is 1. The van der Waals surface area contributed by atoms with Crippen molar-refractivity contribution < 1.29 is 19.2 Å². The Morgan fingerprint density at radius 1 is 1.23 bits per heavy atom. The van der Waals surface area contributed by atoms with Crippen LogP contribution in [-0.4, -0.2) is 34.6 Å². The van der Waals surface area contributed by atoms with Crippen molar-refractivity contribution in [1.82, 2.24) is 15.5 Å². The summed E-state index contributed by atoms with van der Waals surface area (Å²) in [5, 5.41) is 7.04. The lowest BCUT2D eigenvalue weighted by Gasteiger charge is -2.29. The van der Waals surface area contributed by atoms with Gasteiger partial charge >= 0.3 is 0 Å². The van der Waals surface area contributed by atoms with Crippen LogP contribution < -0.4 is 10.6 Å². The number of rotatable bonds is 6. The molecule has 8 heteroatoms. The van der Waals surface area contributed by atoms with E-state index < -0.39 is 11.9 Å². The molecule has 2 N–H and O–H groups in total. The lowest BCUT2D eigenvalue weighted by Crippen LogP contribution is -2.52. The zero-order chi connectivity index (χ0) is 22.1. The lowest BCUT2D eigenvalue weighted by molar-refractivity contribution is -0.137. The Morgan fingerprint density at radius 3 is 2.65 bits per heavy atom. The Kier molecular flexibility index (Phi) is 5.91. The summed E-state index contributed by atoms with van der Waals surface area (Å²) < 4.78 is 0. The molecule has 31 heavy (non-hydrogen) atoms. The van der Waals surface area contributed by atoms with E-state index >= 15 is 0 Å². The SMILES string of the molecule is CC(C)c1ccc(CC(=O)NCc2scc3c2CN(C2CCC(=O)NC2=O)C3=O)cc1. The van der Waals surface area contributed by atoms with Gasteiger partial charge in [-0.1, -0.05) is 38.1 Å². The van der Waals surface area contributed by atoms with E-state index in [1.54, 1.807) is 5.38 Å². The van der Waals surface area contributed by atoms with Gasteiger partial charge in [-0.25, -0.2) is 0 Å². The first kappa shape index (κ1) is 21.2. The summed E-state index contributed by atoms with van der Waals surface area (Å²) in [6, 6.07) is 7.44. The average Bonchev–Trinajstić information content (AvgIpc) is 3.27. The highest BCUT2D eigenvalue weighted by Gasteiger charge is 2.40. The highest BCUT2D eigenvalue weighted by atomic mass is 32.1. The van der Waals surface area contributed by atoms with Crippen molar-refractivity contribution in [2.75, 3.05) is 0 Å². The van der Waals surface area contributed by atoms with E-state index in [2.05, 4.69) is 36.6 Å². The Bertz CT molecular complexity index is 1040. The van der Waals surface area contributed by atoms with E-state index in [0.717, 1.165) is 16.0 Å². The minimum absolute atomic E-state index is 0.0780. The molecule has 1 unspecified atom stereocenters. The molecule has 3 heterocycles. The Morgan fingerprint density at radius 2 is 1.97 bits per heavy atom. The normalized spacial score (nSPS) is 18.4. The molecule has 2 aliphatic rings. The number of carbonyl (C=O) groups excluding carboxylic acids is 4. The number of hydrogen-bond donors (Lipinski definition) is 2. The zero-order valence-electron chi connectivity index (χ0n) is 17.6. The summed E-state index contributed by atoms with van der Waals surface area (Å²) in [7, 11) is 0. The molecule has 162 valence electrons. The summed E-state index contributed by atoms with van der Waals surface area (Å²) in [6.45, 7) is 4.94. The first-order valence-corrected chi connectivity index (χ1v) is 11.3. The molecule has 1 saturated heterocycles. The third kappa shape index (κ3) is 4.39. The van der Waals surface area contributed by atoms with Gasteiger partial charge in [0.2, 0.25) is 17.7 Å². The minimum atomic E-state index is -0.626. The highest BCUT2D eigenvalue weighted by Crippen LogP contribution is 2.33. The maximum absolute atomic E-state index is 12.8. The summed E-state index contributed by atoms with van der Waals surface area (Å²) >= 11 is 1.44. The summed E-state index contributed by atoms with van der Waals surface area (Å²) in [6.07, 6.45) is 0.868. The smallest absolute Gasteiger partial charge is 0.256 e. The molecule has 0 saturated carbocycles. The molecule has 0 aliphatic carbocycles. The maximum atomic E-state index is 12.8. The number of amides is 4. The van der Waals surface area contributed by atoms with Gasteiger partial charge in [0.25, 0.3) is 5.91 Å². The Labute approximate surface area is 184 Å². The van der Waals surface area contributed by atoms with Crippen LogP contribution in [0.2, 0.25) is 0 Å². The van der Waals surface area contributed by atoms with Crippen LogP contribution in [0.1, 0.15) is 64.5 Å². The van der Waals surface area contributed by atoms with Crippen molar-refractivity contribution in [3.05, 3.63) is 56.8 Å². The quantitative estimate of drug-likeness (QED) is 0.676. The van der Waals surface area contributed by atoms with Gasteiger partial charge in [-0.05, 0) is 29.0 Å². The van der Waals surface area contributed by atoms with Crippen LogP contribution in [0.25, 0.3) is 0 Å². The third-order valence-electron chi connectivity index (χ3n) is 5.84. The second-order valence-electron chi connectivity index (χ2n) is 8.30. The van der Waals surface area contributed by atoms with Crippen LogP contribution in [0, 0.1) is 0 Å². The first-order chi connectivity index (χ1) is 14.8. The van der Waals surface area contributed by atoms with Crippen molar-refractivity contribution >= 4 is 35.0 Å². The predicted octanol–water partition coefficient (Wildman–Crippen LogP) is 2.49. The van der Waals surface area contributed by atoms with Crippen LogP contribution in [0.3, 0.4) is 0 Å². The molecule has 0 spiro atoms. The average molecular weight is 440 g/mol. The fourth-order valence-electron chi connectivity index (χ4n) is 4.00. The molecule has 4 rings (SSSR count). The number of benzene rings is 1. The topological polar surface area (TPSA) is 95.6 Å². The van der Waals surface area contributed by atoms with Gasteiger partial charge in [-0.2, -0.15) is 0 Å². The van der Waals surface area contributed by atoms with Gasteiger partial charge in [0.15, 0.2) is 0 Å². The van der Waals surface area contributed by atoms with Crippen molar-refractivity contribution in [2.24, 2.45) is 0 Å². The number of carbonyl (C=O) groups is 4. The van der Waals surface area contributed by atoms with E-state index in [4.69, 9.17) is 0 Å². The van der Waals surface area contributed by atoms with Crippen molar-refractivity contribution in [1.29, 1.82) is 0 Å². The minimum Gasteiger partial charge on any atom is -0.351 e. The molecule has 1 atom stereocenters. The van der Waals surface area contributed by atoms with Gasteiger partial charge in [0.05, 0.1) is 18.5 Å². The zero-order valence-corrected chi connectivity index (χ0v) is 18.4. The molecule has 1 aromatic carbocycles. The van der Waals surface area contributed by atoms with E-state index in [1.807, 2.05) is 12.1 Å². The number of hydrogen-bond acceptors (Lipinski definition) is 5. The number of nitrogens with one attached hydrogen (secondary N) is 2. The third-order valence-corrected chi connectivity index (χ3v) is 6.87. The number of imide groups is 1. The number of thiophene rings is 1. The van der Waals surface area contributed by atoms with Gasteiger partial charge in [0.1, 0.15) is 6.04 Å². The predicted molar refractivity (Wildman–Crippen MR) is 116 cm³/mol. The molecule has 1 fully saturated rings. The van der Waals surface area contributed by atoms with Gasteiger partial charge in [0, 0.05) is 23.2 Å². The van der Waals surface area contributed by atoms with Crippen molar-refractivity contribution in [2.45, 2.75) is 58.2 Å². The summed E-state index contributed by atoms with van der Waals surface area (Å²) in [5.41, 5.74) is 3.64. The van der Waals surface area contributed by atoms with Crippen LogP contribution >= 0.6 is 11.3 Å². The van der Waals surface area contributed by atoms with E-state index in [9.17, 15) is 19.2 Å². The number of piperidine rings is 1. The Hall–Kier alpha value is -3.00. The second-order valence-corrected chi connectivity index (χ2v) is 9.27. The summed E-state index contributed by atoms with van der Waals surface area (Å²) in [5.74, 6) is -0.540. The van der Waals surface area contributed by atoms with E-state index in [0.29, 0.717) is 37.4 Å². The lowest BCUT2D eigenvalue weighted by atomic mass is 10.0. The molecule has 2 aromatic rings. The van der Waals surface area contributed by atoms with Crippen LogP contribution in [-0.2, 0) is 33.9 Å². The van der Waals surface area contributed by atoms with Gasteiger partial charge in [-0.15, -0.1) is 11.3 Å². The van der Waals surface area contributed by atoms with E-state index in [-0.39, 0.29) is 24.1 Å². The fraction of sp³-hybridized carbons (Fsp3) is 0.391. The number of fused-ring (bicyclic) bond motifs is 1. The molecule has 2 aliphatic heterocycles. The highest BCUT2D eigenvalue weighted by molar-refractivity contribution is 7.10. The molecule has 7 nitrogen and oxygen atoms in total. The monoisotopic (exact) mass is 439 g/mol. The molecular weight excluding hydrogens is 414 g/mol. The van der Waals surface area contributed by atoms with Crippen LogP contribution in [0.15, 0.2) is 29.6 Å². The van der Waals surface area contributed by atoms with Crippen LogP contribution in [0.5, 0.6) is 0 Å². The van der Waals surface area contributed by atoms with Gasteiger partial charge in [-0.3, -0.25) is 24.5 Å². The maximum Gasteiger partial charge on any atom is 0.256 e. The fourth-order valence-corrected chi connectivity index (χ4v) is 4.97. The largest absolute Gasteiger partial charge is 0.351 e. The first-order valence-electron chi connectivity index (χ1n) is 10.4. The van der Waals surface area contributed by atoms with Crippen LogP contribution in [0.4, 0.5) is 0 Å². The molecule has 4 amide bonds.